The molecule has 0 radical (unpaired) electrons. The molecular formula is C18H20ClN3O4. The van der Waals surface area contributed by atoms with Gasteiger partial charge < -0.3 is 14.5 Å². The van der Waals surface area contributed by atoms with Gasteiger partial charge in [-0.05, 0) is 45.3 Å². The summed E-state index contributed by atoms with van der Waals surface area (Å²) in [4.78, 5) is 27.3. The molecular weight excluding hydrogens is 358 g/mol. The van der Waals surface area contributed by atoms with Gasteiger partial charge in [-0.25, -0.2) is 0 Å². The molecule has 2 aromatic carbocycles. The van der Waals surface area contributed by atoms with E-state index >= 15 is 0 Å². The quantitative estimate of drug-likeness (QED) is 0.586. The number of halogens is 1. The van der Waals surface area contributed by atoms with Crippen LogP contribution in [-0.2, 0) is 0 Å². The van der Waals surface area contributed by atoms with E-state index in [0.29, 0.717) is 23.7 Å². The molecule has 1 amide bonds. The summed E-state index contributed by atoms with van der Waals surface area (Å²) >= 11 is 0. The zero-order valence-corrected chi connectivity index (χ0v) is 15.4. The highest BCUT2D eigenvalue weighted by Gasteiger charge is 2.29. The lowest BCUT2D eigenvalue weighted by Crippen LogP contribution is -2.32. The Morgan fingerprint density at radius 2 is 1.88 bits per heavy atom. The van der Waals surface area contributed by atoms with E-state index in [4.69, 9.17) is 4.74 Å². The van der Waals surface area contributed by atoms with Crippen LogP contribution < -0.4 is 9.64 Å². The summed E-state index contributed by atoms with van der Waals surface area (Å²) < 4.78 is 5.87. The Kier molecular flexibility index (Phi) is 6.18. The van der Waals surface area contributed by atoms with Crippen LogP contribution in [0.4, 0.5) is 11.4 Å². The van der Waals surface area contributed by atoms with Gasteiger partial charge in [0.1, 0.15) is 5.75 Å². The van der Waals surface area contributed by atoms with E-state index in [1.54, 1.807) is 11.0 Å². The van der Waals surface area contributed by atoms with Crippen molar-refractivity contribution in [1.82, 2.24) is 4.90 Å². The number of nitrogens with zero attached hydrogens (tertiary/aromatic N) is 3. The Balaban J connectivity index is 0.00000243. The molecule has 1 aliphatic rings. The summed E-state index contributed by atoms with van der Waals surface area (Å²) in [6.45, 7) is 1.33. The van der Waals surface area contributed by atoms with Crippen molar-refractivity contribution in [1.29, 1.82) is 0 Å². The highest BCUT2D eigenvalue weighted by atomic mass is 35.5. The molecule has 7 nitrogen and oxygen atoms in total. The van der Waals surface area contributed by atoms with E-state index in [1.807, 2.05) is 37.2 Å². The average molecular weight is 378 g/mol. The molecule has 138 valence electrons. The molecule has 0 aliphatic carbocycles. The van der Waals surface area contributed by atoms with Gasteiger partial charge in [-0.1, -0.05) is 12.1 Å². The Labute approximate surface area is 157 Å². The van der Waals surface area contributed by atoms with Gasteiger partial charge in [-0.15, -0.1) is 12.4 Å². The molecule has 1 aliphatic heterocycles. The molecule has 26 heavy (non-hydrogen) atoms. The van der Waals surface area contributed by atoms with E-state index in [1.165, 1.54) is 18.2 Å². The molecule has 0 unspecified atom stereocenters. The third kappa shape index (κ3) is 3.95. The topological polar surface area (TPSA) is 75.9 Å². The molecule has 0 saturated heterocycles. The van der Waals surface area contributed by atoms with E-state index in [-0.39, 0.29) is 29.6 Å². The number of hydrogen-bond donors (Lipinski definition) is 0. The molecule has 8 heteroatoms. The second-order valence-electron chi connectivity index (χ2n) is 6.12. The largest absolute Gasteiger partial charge is 0.454 e. The van der Waals surface area contributed by atoms with Crippen molar-refractivity contribution in [3.63, 3.8) is 0 Å². The monoisotopic (exact) mass is 377 g/mol. The first-order valence-corrected chi connectivity index (χ1v) is 7.99. The molecule has 3 rings (SSSR count). The average Bonchev–Trinajstić information content (AvgIpc) is 2.69. The maximum absolute atomic E-state index is 13.1. The fraction of sp³-hybridized carbons (Fsp3) is 0.278. The predicted octanol–water partition coefficient (Wildman–Crippen LogP) is 3.72. The molecule has 1 heterocycles. The molecule has 0 atom stereocenters. The number of non-ortho nitro benzene ring substituents is 1. The molecule has 0 bridgehead atoms. The number of benzene rings is 2. The van der Waals surface area contributed by atoms with Crippen molar-refractivity contribution in [2.24, 2.45) is 0 Å². The molecule has 0 aromatic heterocycles. The Morgan fingerprint density at radius 3 is 2.58 bits per heavy atom. The van der Waals surface area contributed by atoms with Gasteiger partial charge in [-0.2, -0.15) is 0 Å². The van der Waals surface area contributed by atoms with E-state index < -0.39 is 4.92 Å². The van der Waals surface area contributed by atoms with Crippen LogP contribution in [0.2, 0.25) is 0 Å². The number of para-hydroxylation sites is 2. The second-order valence-corrected chi connectivity index (χ2v) is 6.12. The van der Waals surface area contributed by atoms with Gasteiger partial charge >= 0.3 is 0 Å². The number of amides is 1. The third-order valence-corrected chi connectivity index (χ3v) is 4.01. The first-order chi connectivity index (χ1) is 12.0. The lowest BCUT2D eigenvalue weighted by atomic mass is 10.1. The van der Waals surface area contributed by atoms with Crippen LogP contribution in [-0.4, -0.2) is 42.9 Å². The minimum Gasteiger partial charge on any atom is -0.454 e. The SMILES string of the molecule is CN(C)CCCN1C(=O)c2cc([N+](=O)[O-])ccc2Oc2ccccc21.Cl. The number of ether oxygens (including phenoxy) is 1. The highest BCUT2D eigenvalue weighted by molar-refractivity contribution is 6.10. The lowest BCUT2D eigenvalue weighted by Gasteiger charge is -2.22. The first-order valence-electron chi connectivity index (χ1n) is 7.99. The summed E-state index contributed by atoms with van der Waals surface area (Å²) in [6, 6.07) is 11.4. The van der Waals surface area contributed by atoms with Crippen LogP contribution in [0.25, 0.3) is 0 Å². The predicted molar refractivity (Wildman–Crippen MR) is 102 cm³/mol. The van der Waals surface area contributed by atoms with Gasteiger partial charge in [0.2, 0.25) is 0 Å². The van der Waals surface area contributed by atoms with Crippen LogP contribution >= 0.6 is 12.4 Å². The van der Waals surface area contributed by atoms with E-state index in [2.05, 4.69) is 0 Å². The molecule has 0 fully saturated rings. The number of nitro benzene ring substituents is 1. The smallest absolute Gasteiger partial charge is 0.270 e. The fourth-order valence-corrected chi connectivity index (χ4v) is 2.79. The van der Waals surface area contributed by atoms with Crippen molar-refractivity contribution in [2.75, 3.05) is 32.1 Å². The summed E-state index contributed by atoms with van der Waals surface area (Å²) in [5.74, 6) is 0.605. The van der Waals surface area contributed by atoms with Crippen molar-refractivity contribution >= 4 is 29.7 Å². The van der Waals surface area contributed by atoms with Crippen molar-refractivity contribution < 1.29 is 14.5 Å². The Hall–Kier alpha value is -2.64. The zero-order valence-electron chi connectivity index (χ0n) is 14.5. The van der Waals surface area contributed by atoms with Gasteiger partial charge in [-0.3, -0.25) is 14.9 Å². The minimum absolute atomic E-state index is 0. The number of nitro groups is 1. The van der Waals surface area contributed by atoms with Gasteiger partial charge in [0.05, 0.1) is 16.2 Å². The molecule has 0 saturated carbocycles. The number of hydrogen-bond acceptors (Lipinski definition) is 5. The highest BCUT2D eigenvalue weighted by Crippen LogP contribution is 2.39. The number of carbonyl (C=O) groups is 1. The summed E-state index contributed by atoms with van der Waals surface area (Å²) in [5, 5.41) is 11.1. The number of rotatable bonds is 5. The van der Waals surface area contributed by atoms with E-state index in [9.17, 15) is 14.9 Å². The normalized spacial score (nSPS) is 12.6. The van der Waals surface area contributed by atoms with Crippen molar-refractivity contribution in [3.05, 3.63) is 58.1 Å². The standard InChI is InChI=1S/C18H19N3O4.ClH/c1-19(2)10-5-11-20-15-6-3-4-7-17(15)25-16-9-8-13(21(23)24)12-14(16)18(20)22;/h3-4,6-9,12H,5,10-11H2,1-2H3;1H. The van der Waals surface area contributed by atoms with Crippen LogP contribution in [0.1, 0.15) is 16.8 Å². The van der Waals surface area contributed by atoms with E-state index in [0.717, 1.165) is 13.0 Å². The van der Waals surface area contributed by atoms with Crippen LogP contribution in [0.5, 0.6) is 11.5 Å². The summed E-state index contributed by atoms with van der Waals surface area (Å²) in [7, 11) is 3.94. The number of fused-ring (bicyclic) bond motifs is 2. The number of anilines is 1. The fourth-order valence-electron chi connectivity index (χ4n) is 2.79. The summed E-state index contributed by atoms with van der Waals surface area (Å²) in [6.07, 6.45) is 0.775. The third-order valence-electron chi connectivity index (χ3n) is 4.01. The Bertz CT molecular complexity index is 826. The van der Waals surface area contributed by atoms with Gasteiger partial charge in [0.15, 0.2) is 5.75 Å². The maximum Gasteiger partial charge on any atom is 0.270 e. The van der Waals surface area contributed by atoms with Gasteiger partial charge in [0.25, 0.3) is 11.6 Å². The van der Waals surface area contributed by atoms with Crippen molar-refractivity contribution in [2.45, 2.75) is 6.42 Å². The zero-order chi connectivity index (χ0) is 18.0. The van der Waals surface area contributed by atoms with Crippen LogP contribution in [0.15, 0.2) is 42.5 Å². The maximum atomic E-state index is 13.1. The van der Waals surface area contributed by atoms with Gasteiger partial charge in [0, 0.05) is 18.7 Å². The second kappa shape index (κ2) is 8.16. The molecule has 0 N–H and O–H groups in total. The minimum atomic E-state index is -0.512. The molecule has 0 spiro atoms. The number of carbonyl (C=O) groups excluding carboxylic acids is 1. The van der Waals surface area contributed by atoms with Crippen LogP contribution in [0.3, 0.4) is 0 Å². The van der Waals surface area contributed by atoms with Crippen LogP contribution in [0, 0.1) is 10.1 Å². The lowest BCUT2D eigenvalue weighted by molar-refractivity contribution is -0.384. The summed E-state index contributed by atoms with van der Waals surface area (Å²) in [5.41, 5.74) is 0.746. The molecule has 2 aromatic rings. The van der Waals surface area contributed by atoms with Crippen molar-refractivity contribution in [3.8, 4) is 11.5 Å². The first kappa shape index (κ1) is 19.7. The Morgan fingerprint density at radius 1 is 1.15 bits per heavy atom.